The average molecular weight is 217 g/mol. The van der Waals surface area contributed by atoms with Gasteiger partial charge in [0, 0.05) is 5.56 Å². The largest absolute Gasteiger partial charge is 0.206 e. The Morgan fingerprint density at radius 3 is 2.62 bits per heavy atom. The van der Waals surface area contributed by atoms with Crippen molar-refractivity contribution in [2.75, 3.05) is 0 Å². The molecule has 0 amide bonds. The van der Waals surface area contributed by atoms with Crippen molar-refractivity contribution in [1.82, 2.24) is 0 Å². The van der Waals surface area contributed by atoms with Crippen LogP contribution in [-0.2, 0) is 11.8 Å². The third kappa shape index (κ3) is 1.61. The zero-order valence-electron chi connectivity index (χ0n) is 9.59. The smallest absolute Gasteiger partial charge is 0.131 e. The third-order valence-corrected chi connectivity index (χ3v) is 3.65. The lowest BCUT2D eigenvalue weighted by Gasteiger charge is -2.22. The molecular formula is C14H16FN. The second-order valence-electron chi connectivity index (χ2n) is 4.53. The molecule has 0 atom stereocenters. The number of rotatable bonds is 2. The fraction of sp³-hybridized carbons (Fsp3) is 0.500. The van der Waals surface area contributed by atoms with Crippen molar-refractivity contribution in [3.05, 3.63) is 35.1 Å². The summed E-state index contributed by atoms with van der Waals surface area (Å²) in [6.07, 6.45) is 4.34. The highest BCUT2D eigenvalue weighted by atomic mass is 19.1. The van der Waals surface area contributed by atoms with Gasteiger partial charge in [-0.3, -0.25) is 0 Å². The van der Waals surface area contributed by atoms with Crippen molar-refractivity contribution in [2.24, 2.45) is 0 Å². The summed E-state index contributed by atoms with van der Waals surface area (Å²) in [6.45, 7) is 1.94. The van der Waals surface area contributed by atoms with Crippen LogP contribution in [0.5, 0.6) is 0 Å². The maximum atomic E-state index is 14.2. The maximum absolute atomic E-state index is 14.2. The normalized spacial score (nSPS) is 18.3. The van der Waals surface area contributed by atoms with Crippen molar-refractivity contribution >= 4 is 0 Å². The first-order chi connectivity index (χ1) is 7.73. The van der Waals surface area contributed by atoms with Gasteiger partial charge in [0.25, 0.3) is 0 Å². The van der Waals surface area contributed by atoms with Crippen LogP contribution in [0.15, 0.2) is 18.2 Å². The Morgan fingerprint density at radius 2 is 2.06 bits per heavy atom. The van der Waals surface area contributed by atoms with Crippen LogP contribution < -0.4 is 0 Å². The molecule has 1 fully saturated rings. The minimum absolute atomic E-state index is 0.159. The van der Waals surface area contributed by atoms with E-state index in [1.54, 1.807) is 12.1 Å². The Labute approximate surface area is 95.9 Å². The predicted molar refractivity (Wildman–Crippen MR) is 61.5 cm³/mol. The van der Waals surface area contributed by atoms with Crippen LogP contribution in [0.3, 0.4) is 0 Å². The van der Waals surface area contributed by atoms with E-state index in [0.29, 0.717) is 12.0 Å². The first kappa shape index (κ1) is 11.1. The lowest BCUT2D eigenvalue weighted by Crippen LogP contribution is -2.21. The molecule has 2 heteroatoms. The summed E-state index contributed by atoms with van der Waals surface area (Å²) in [6, 6.07) is 7.80. The molecule has 1 aromatic rings. The van der Waals surface area contributed by atoms with E-state index < -0.39 is 5.41 Å². The summed E-state index contributed by atoms with van der Waals surface area (Å²) in [7, 11) is 0. The van der Waals surface area contributed by atoms with Gasteiger partial charge in [0.1, 0.15) is 5.82 Å². The van der Waals surface area contributed by atoms with Crippen molar-refractivity contribution in [1.29, 1.82) is 5.26 Å². The number of aryl methyl sites for hydroxylation is 1. The first-order valence-electron chi connectivity index (χ1n) is 5.92. The van der Waals surface area contributed by atoms with E-state index in [4.69, 9.17) is 0 Å². The molecule has 1 aliphatic rings. The molecule has 16 heavy (non-hydrogen) atoms. The van der Waals surface area contributed by atoms with E-state index in [0.717, 1.165) is 31.2 Å². The van der Waals surface area contributed by atoms with Gasteiger partial charge in [0.15, 0.2) is 0 Å². The van der Waals surface area contributed by atoms with Gasteiger partial charge < -0.3 is 0 Å². The van der Waals surface area contributed by atoms with Crippen molar-refractivity contribution in [2.45, 2.75) is 44.4 Å². The molecule has 84 valence electrons. The van der Waals surface area contributed by atoms with Crippen LogP contribution in [0.4, 0.5) is 4.39 Å². The highest BCUT2D eigenvalue weighted by molar-refractivity contribution is 5.38. The summed E-state index contributed by atoms with van der Waals surface area (Å²) >= 11 is 0. The standard InChI is InChI=1S/C14H16FN/c1-2-11-6-5-7-12(13(11)15)14(10-16)8-3-4-9-14/h5-7H,2-4,8-9H2,1H3. The molecule has 0 N–H and O–H groups in total. The van der Waals surface area contributed by atoms with E-state index in [9.17, 15) is 9.65 Å². The second-order valence-corrected chi connectivity index (χ2v) is 4.53. The van der Waals surface area contributed by atoms with Gasteiger partial charge in [-0.25, -0.2) is 4.39 Å². The van der Waals surface area contributed by atoms with Crippen molar-refractivity contribution in [3.8, 4) is 6.07 Å². The Kier molecular flexibility index (Phi) is 2.96. The summed E-state index contributed by atoms with van der Waals surface area (Å²) in [5.74, 6) is -0.159. The maximum Gasteiger partial charge on any atom is 0.131 e. The number of hydrogen-bond donors (Lipinski definition) is 0. The molecule has 1 saturated carbocycles. The van der Waals surface area contributed by atoms with E-state index in [2.05, 4.69) is 6.07 Å². The minimum atomic E-state index is -0.560. The van der Waals surface area contributed by atoms with Crippen LogP contribution in [0.2, 0.25) is 0 Å². The van der Waals surface area contributed by atoms with E-state index in [-0.39, 0.29) is 5.82 Å². The molecule has 0 bridgehead atoms. The Bertz CT molecular complexity index is 425. The molecule has 0 spiro atoms. The van der Waals surface area contributed by atoms with Gasteiger partial charge >= 0.3 is 0 Å². The van der Waals surface area contributed by atoms with Gasteiger partial charge in [-0.15, -0.1) is 0 Å². The zero-order valence-corrected chi connectivity index (χ0v) is 9.59. The highest BCUT2D eigenvalue weighted by Gasteiger charge is 2.38. The number of nitrogens with zero attached hydrogens (tertiary/aromatic N) is 1. The molecule has 1 aromatic carbocycles. The van der Waals surface area contributed by atoms with E-state index >= 15 is 0 Å². The number of hydrogen-bond acceptors (Lipinski definition) is 1. The fourth-order valence-electron chi connectivity index (χ4n) is 2.64. The van der Waals surface area contributed by atoms with Crippen LogP contribution in [-0.4, -0.2) is 0 Å². The zero-order chi connectivity index (χ0) is 11.6. The summed E-state index contributed by atoms with van der Waals surface area (Å²) in [4.78, 5) is 0. The van der Waals surface area contributed by atoms with Crippen molar-refractivity contribution in [3.63, 3.8) is 0 Å². The quantitative estimate of drug-likeness (QED) is 0.740. The molecule has 1 aliphatic carbocycles. The predicted octanol–water partition coefficient (Wildman–Crippen LogP) is 3.72. The van der Waals surface area contributed by atoms with Crippen LogP contribution >= 0.6 is 0 Å². The molecule has 0 heterocycles. The first-order valence-corrected chi connectivity index (χ1v) is 5.92. The highest BCUT2D eigenvalue weighted by Crippen LogP contribution is 2.42. The average Bonchev–Trinajstić information content (AvgIpc) is 2.79. The number of halogens is 1. The summed E-state index contributed by atoms with van der Waals surface area (Å²) < 4.78 is 14.2. The second kappa shape index (κ2) is 4.25. The number of nitriles is 1. The van der Waals surface area contributed by atoms with E-state index in [1.165, 1.54) is 0 Å². The molecule has 1 nitrogen and oxygen atoms in total. The summed E-state index contributed by atoms with van der Waals surface area (Å²) in [5.41, 5.74) is 0.779. The monoisotopic (exact) mass is 217 g/mol. The minimum Gasteiger partial charge on any atom is -0.206 e. The Hall–Kier alpha value is -1.36. The van der Waals surface area contributed by atoms with Crippen LogP contribution in [0, 0.1) is 17.1 Å². The van der Waals surface area contributed by atoms with Gasteiger partial charge in [-0.1, -0.05) is 38.0 Å². The van der Waals surface area contributed by atoms with Gasteiger partial charge in [-0.05, 0) is 24.8 Å². The molecule has 0 saturated heterocycles. The number of benzene rings is 1. The Morgan fingerprint density at radius 1 is 1.38 bits per heavy atom. The molecule has 2 rings (SSSR count). The van der Waals surface area contributed by atoms with Crippen LogP contribution in [0.25, 0.3) is 0 Å². The topological polar surface area (TPSA) is 23.8 Å². The summed E-state index contributed by atoms with van der Waals surface area (Å²) in [5, 5.41) is 9.34. The molecular weight excluding hydrogens is 201 g/mol. The molecule has 0 unspecified atom stereocenters. The van der Waals surface area contributed by atoms with Crippen LogP contribution in [0.1, 0.15) is 43.7 Å². The lowest BCUT2D eigenvalue weighted by atomic mass is 9.79. The van der Waals surface area contributed by atoms with Gasteiger partial charge in [0.2, 0.25) is 0 Å². The molecule has 0 aromatic heterocycles. The lowest BCUT2D eigenvalue weighted by molar-refractivity contribution is 0.509. The fourth-order valence-corrected chi connectivity index (χ4v) is 2.64. The SMILES string of the molecule is CCc1cccc(C2(C#N)CCCC2)c1F. The van der Waals surface area contributed by atoms with Gasteiger partial charge in [-0.2, -0.15) is 5.26 Å². The van der Waals surface area contributed by atoms with E-state index in [1.807, 2.05) is 13.0 Å². The Balaban J connectivity index is 2.51. The molecule has 0 aliphatic heterocycles. The van der Waals surface area contributed by atoms with Crippen molar-refractivity contribution < 1.29 is 4.39 Å². The van der Waals surface area contributed by atoms with Gasteiger partial charge in [0.05, 0.1) is 11.5 Å². The third-order valence-electron chi connectivity index (χ3n) is 3.65. The molecule has 0 radical (unpaired) electrons.